The van der Waals surface area contributed by atoms with E-state index >= 15 is 0 Å². The highest BCUT2D eigenvalue weighted by atomic mass is 35.5. The molecule has 0 unspecified atom stereocenters. The second-order valence-electron chi connectivity index (χ2n) is 4.38. The predicted octanol–water partition coefficient (Wildman–Crippen LogP) is 4.11. The van der Waals surface area contributed by atoms with Crippen LogP contribution in [0.25, 0.3) is 11.6 Å². The molecule has 1 N–H and O–H groups in total. The van der Waals surface area contributed by atoms with Crippen LogP contribution in [0.5, 0.6) is 0 Å². The second-order valence-corrected chi connectivity index (χ2v) is 4.81. The first kappa shape index (κ1) is 12.8. The first-order valence-electron chi connectivity index (χ1n) is 5.82. The Labute approximate surface area is 118 Å². The van der Waals surface area contributed by atoms with E-state index in [0.717, 1.165) is 12.1 Å². The molecule has 100 valence electrons. The van der Waals surface area contributed by atoms with Gasteiger partial charge in [0.1, 0.15) is 0 Å². The van der Waals surface area contributed by atoms with Gasteiger partial charge in [-0.3, -0.25) is 4.79 Å². The highest BCUT2D eigenvalue weighted by Crippen LogP contribution is 2.34. The zero-order chi connectivity index (χ0) is 14.3. The van der Waals surface area contributed by atoms with Gasteiger partial charge in [-0.15, -0.1) is 0 Å². The van der Waals surface area contributed by atoms with Crippen molar-refractivity contribution in [3.05, 3.63) is 64.2 Å². The van der Waals surface area contributed by atoms with Gasteiger partial charge in [-0.05, 0) is 42.0 Å². The summed E-state index contributed by atoms with van der Waals surface area (Å²) in [6, 6.07) is 8.48. The number of anilines is 1. The molecule has 1 aliphatic rings. The average molecular weight is 292 g/mol. The Balaban J connectivity index is 2.10. The van der Waals surface area contributed by atoms with Crippen LogP contribution in [0.3, 0.4) is 0 Å². The van der Waals surface area contributed by atoms with Crippen molar-refractivity contribution < 1.29 is 13.6 Å². The monoisotopic (exact) mass is 291 g/mol. The van der Waals surface area contributed by atoms with Crippen LogP contribution in [-0.4, -0.2) is 5.91 Å². The van der Waals surface area contributed by atoms with E-state index in [1.165, 1.54) is 12.1 Å². The number of amides is 1. The summed E-state index contributed by atoms with van der Waals surface area (Å²) < 4.78 is 26.1. The van der Waals surface area contributed by atoms with E-state index in [4.69, 9.17) is 11.6 Å². The Morgan fingerprint density at radius 2 is 1.85 bits per heavy atom. The van der Waals surface area contributed by atoms with Crippen LogP contribution in [0.15, 0.2) is 36.4 Å². The van der Waals surface area contributed by atoms with Gasteiger partial charge in [0.15, 0.2) is 11.6 Å². The molecule has 1 heterocycles. The van der Waals surface area contributed by atoms with E-state index in [1.807, 2.05) is 0 Å². The zero-order valence-electron chi connectivity index (χ0n) is 10.1. The van der Waals surface area contributed by atoms with Crippen molar-refractivity contribution >= 4 is 34.8 Å². The third kappa shape index (κ3) is 2.18. The van der Waals surface area contributed by atoms with Gasteiger partial charge in [0, 0.05) is 21.8 Å². The van der Waals surface area contributed by atoms with Gasteiger partial charge >= 0.3 is 0 Å². The lowest BCUT2D eigenvalue weighted by atomic mass is 10.0. The normalized spacial score (nSPS) is 15.3. The highest BCUT2D eigenvalue weighted by Gasteiger charge is 2.24. The minimum absolute atomic E-state index is 0.299. The molecule has 5 heteroatoms. The molecule has 0 spiro atoms. The highest BCUT2D eigenvalue weighted by molar-refractivity contribution is 6.36. The number of carbonyl (C=O) groups is 1. The van der Waals surface area contributed by atoms with Crippen LogP contribution in [0.4, 0.5) is 14.5 Å². The molecular formula is C15H8ClF2NO. The van der Waals surface area contributed by atoms with E-state index in [9.17, 15) is 13.6 Å². The third-order valence-corrected chi connectivity index (χ3v) is 3.25. The van der Waals surface area contributed by atoms with E-state index in [-0.39, 0.29) is 5.91 Å². The lowest BCUT2D eigenvalue weighted by Gasteiger charge is -2.00. The molecule has 3 rings (SSSR count). The molecule has 1 amide bonds. The summed E-state index contributed by atoms with van der Waals surface area (Å²) in [4.78, 5) is 11.9. The van der Waals surface area contributed by atoms with Gasteiger partial charge in [0.05, 0.1) is 0 Å². The third-order valence-electron chi connectivity index (χ3n) is 3.02. The number of rotatable bonds is 1. The molecule has 2 aromatic carbocycles. The molecule has 0 aliphatic carbocycles. The predicted molar refractivity (Wildman–Crippen MR) is 74.3 cm³/mol. The molecule has 20 heavy (non-hydrogen) atoms. The summed E-state index contributed by atoms with van der Waals surface area (Å²) >= 11 is 5.91. The number of benzene rings is 2. The van der Waals surface area contributed by atoms with Crippen LogP contribution < -0.4 is 5.32 Å². The van der Waals surface area contributed by atoms with Crippen molar-refractivity contribution in [2.45, 2.75) is 0 Å². The van der Waals surface area contributed by atoms with Crippen LogP contribution in [0, 0.1) is 11.6 Å². The first-order valence-corrected chi connectivity index (χ1v) is 6.20. The van der Waals surface area contributed by atoms with Gasteiger partial charge in [-0.2, -0.15) is 0 Å². The second kappa shape index (κ2) is 4.72. The van der Waals surface area contributed by atoms with Crippen molar-refractivity contribution in [3.8, 4) is 0 Å². The molecule has 0 bridgehead atoms. The summed E-state index contributed by atoms with van der Waals surface area (Å²) in [5, 5.41) is 3.18. The number of halogens is 3. The number of nitrogens with one attached hydrogen (secondary N) is 1. The molecule has 0 fully saturated rings. The van der Waals surface area contributed by atoms with Gasteiger partial charge in [-0.1, -0.05) is 17.7 Å². The summed E-state index contributed by atoms with van der Waals surface area (Å²) in [5.41, 5.74) is 2.07. The number of fused-ring (bicyclic) bond motifs is 1. The van der Waals surface area contributed by atoms with Crippen molar-refractivity contribution in [1.29, 1.82) is 0 Å². The quantitative estimate of drug-likeness (QED) is 0.787. The summed E-state index contributed by atoms with van der Waals surface area (Å²) in [6.07, 6.45) is 1.50. The standard InChI is InChI=1S/C15H8ClF2NO/c16-9-2-4-14-10(7-9)11(15(20)19-14)5-8-1-3-12(17)13(18)6-8/h1-7H,(H,19,20). The molecule has 1 aliphatic heterocycles. The molecule has 0 aromatic heterocycles. The molecule has 0 radical (unpaired) electrons. The van der Waals surface area contributed by atoms with E-state index in [2.05, 4.69) is 5.32 Å². The fraction of sp³-hybridized carbons (Fsp3) is 0. The fourth-order valence-electron chi connectivity index (χ4n) is 2.07. The van der Waals surface area contributed by atoms with Crippen LogP contribution >= 0.6 is 11.6 Å². The van der Waals surface area contributed by atoms with Crippen molar-refractivity contribution in [2.75, 3.05) is 5.32 Å². The Hall–Kier alpha value is -2.20. The summed E-state index contributed by atoms with van der Waals surface area (Å²) in [5.74, 6) is -2.18. The number of carbonyl (C=O) groups excluding carboxylic acids is 1. The smallest absolute Gasteiger partial charge is 0.256 e. The minimum atomic E-state index is -0.955. The number of hydrogen-bond acceptors (Lipinski definition) is 1. The lowest BCUT2D eigenvalue weighted by Crippen LogP contribution is -2.03. The molecule has 2 aromatic rings. The van der Waals surface area contributed by atoms with Gasteiger partial charge < -0.3 is 5.32 Å². The minimum Gasteiger partial charge on any atom is -0.321 e. The maximum absolute atomic E-state index is 13.2. The van der Waals surface area contributed by atoms with E-state index < -0.39 is 11.6 Å². The maximum Gasteiger partial charge on any atom is 0.256 e. The van der Waals surface area contributed by atoms with E-state index in [0.29, 0.717) is 27.4 Å². The average Bonchev–Trinajstić information content (AvgIpc) is 2.70. The maximum atomic E-state index is 13.2. The van der Waals surface area contributed by atoms with Gasteiger partial charge in [-0.25, -0.2) is 8.78 Å². The van der Waals surface area contributed by atoms with Crippen molar-refractivity contribution in [1.82, 2.24) is 0 Å². The Kier molecular flexibility index (Phi) is 3.03. The van der Waals surface area contributed by atoms with Gasteiger partial charge in [0.2, 0.25) is 0 Å². The summed E-state index contributed by atoms with van der Waals surface area (Å²) in [6.45, 7) is 0. The van der Waals surface area contributed by atoms with Crippen LogP contribution in [0.1, 0.15) is 11.1 Å². The van der Waals surface area contributed by atoms with Crippen molar-refractivity contribution in [3.63, 3.8) is 0 Å². The van der Waals surface area contributed by atoms with E-state index in [1.54, 1.807) is 18.2 Å². The Morgan fingerprint density at radius 3 is 2.60 bits per heavy atom. The first-order chi connectivity index (χ1) is 9.54. The van der Waals surface area contributed by atoms with Gasteiger partial charge in [0.25, 0.3) is 5.91 Å². The lowest BCUT2D eigenvalue weighted by molar-refractivity contribution is -0.110. The molecule has 0 saturated heterocycles. The molecule has 2 nitrogen and oxygen atoms in total. The largest absolute Gasteiger partial charge is 0.321 e. The topological polar surface area (TPSA) is 29.1 Å². The summed E-state index contributed by atoms with van der Waals surface area (Å²) in [7, 11) is 0. The number of hydrogen-bond donors (Lipinski definition) is 1. The SMILES string of the molecule is O=C1Nc2ccc(Cl)cc2C1=Cc1ccc(F)c(F)c1. The molecular weight excluding hydrogens is 284 g/mol. The molecule has 0 atom stereocenters. The van der Waals surface area contributed by atoms with Crippen LogP contribution in [0.2, 0.25) is 5.02 Å². The van der Waals surface area contributed by atoms with Crippen molar-refractivity contribution in [2.24, 2.45) is 0 Å². The fourth-order valence-corrected chi connectivity index (χ4v) is 2.24. The Morgan fingerprint density at radius 1 is 1.05 bits per heavy atom. The zero-order valence-corrected chi connectivity index (χ0v) is 10.8. The van der Waals surface area contributed by atoms with Crippen LogP contribution in [-0.2, 0) is 4.79 Å². The Bertz CT molecular complexity index is 756. The molecule has 0 saturated carbocycles.